The molecule has 3 aromatic rings. The maximum atomic E-state index is 10.6. The van der Waals surface area contributed by atoms with E-state index in [4.69, 9.17) is 0 Å². The molecule has 0 radical (unpaired) electrons. The van der Waals surface area contributed by atoms with Crippen LogP contribution < -0.4 is 0 Å². The molecule has 3 rings (SSSR count). The Labute approximate surface area is 97.5 Å². The standard InChI is InChI=1S/C13H9N3O/c17-9-10-7-14-13-6-12(15-16(13)8-10)11-4-2-1-3-5-11/h1-9H. The van der Waals surface area contributed by atoms with Crippen molar-refractivity contribution in [2.75, 3.05) is 0 Å². The minimum absolute atomic E-state index is 0.514. The number of hydrogen-bond donors (Lipinski definition) is 0. The molecule has 0 atom stereocenters. The molecule has 17 heavy (non-hydrogen) atoms. The Balaban J connectivity index is 2.17. The lowest BCUT2D eigenvalue weighted by Gasteiger charge is -1.93. The van der Waals surface area contributed by atoms with Gasteiger partial charge in [0, 0.05) is 24.0 Å². The summed E-state index contributed by atoms with van der Waals surface area (Å²) in [4.78, 5) is 14.8. The fraction of sp³-hybridized carbons (Fsp3) is 0. The first kappa shape index (κ1) is 9.72. The number of aldehydes is 1. The maximum Gasteiger partial charge on any atom is 0.155 e. The highest BCUT2D eigenvalue weighted by atomic mass is 16.1. The van der Waals surface area contributed by atoms with Crippen LogP contribution in [0.25, 0.3) is 16.9 Å². The molecule has 82 valence electrons. The number of rotatable bonds is 2. The second-order valence-electron chi connectivity index (χ2n) is 3.70. The summed E-state index contributed by atoms with van der Waals surface area (Å²) < 4.78 is 1.62. The van der Waals surface area contributed by atoms with Crippen molar-refractivity contribution in [1.29, 1.82) is 0 Å². The van der Waals surface area contributed by atoms with E-state index < -0.39 is 0 Å². The van der Waals surface area contributed by atoms with Gasteiger partial charge in [0.15, 0.2) is 11.9 Å². The van der Waals surface area contributed by atoms with Gasteiger partial charge >= 0.3 is 0 Å². The average Bonchev–Trinajstić information content (AvgIpc) is 2.82. The summed E-state index contributed by atoms with van der Waals surface area (Å²) in [7, 11) is 0. The molecule has 0 aliphatic heterocycles. The molecule has 0 N–H and O–H groups in total. The van der Waals surface area contributed by atoms with Gasteiger partial charge in [0.25, 0.3) is 0 Å². The fourth-order valence-corrected chi connectivity index (χ4v) is 1.70. The molecular weight excluding hydrogens is 214 g/mol. The Morgan fingerprint density at radius 2 is 2.00 bits per heavy atom. The van der Waals surface area contributed by atoms with Crippen LogP contribution in [-0.2, 0) is 0 Å². The van der Waals surface area contributed by atoms with E-state index in [-0.39, 0.29) is 0 Å². The van der Waals surface area contributed by atoms with Crippen LogP contribution in [0.3, 0.4) is 0 Å². The monoisotopic (exact) mass is 223 g/mol. The highest BCUT2D eigenvalue weighted by molar-refractivity contribution is 5.74. The van der Waals surface area contributed by atoms with Crippen LogP contribution in [0.2, 0.25) is 0 Å². The van der Waals surface area contributed by atoms with Crippen LogP contribution >= 0.6 is 0 Å². The Bertz CT molecular complexity index is 673. The first-order valence-corrected chi connectivity index (χ1v) is 5.23. The zero-order chi connectivity index (χ0) is 11.7. The summed E-state index contributed by atoms with van der Waals surface area (Å²) in [5, 5.41) is 4.39. The molecular formula is C13H9N3O. The van der Waals surface area contributed by atoms with Crippen molar-refractivity contribution in [3.63, 3.8) is 0 Å². The van der Waals surface area contributed by atoms with E-state index >= 15 is 0 Å². The molecule has 1 aromatic carbocycles. The van der Waals surface area contributed by atoms with Crippen LogP contribution in [0.15, 0.2) is 48.8 Å². The predicted octanol–water partition coefficient (Wildman–Crippen LogP) is 2.21. The van der Waals surface area contributed by atoms with E-state index in [1.807, 2.05) is 36.4 Å². The summed E-state index contributed by atoms with van der Waals surface area (Å²) in [5.41, 5.74) is 3.13. The summed E-state index contributed by atoms with van der Waals surface area (Å²) >= 11 is 0. The van der Waals surface area contributed by atoms with Crippen molar-refractivity contribution in [2.45, 2.75) is 0 Å². The minimum atomic E-state index is 0.514. The Morgan fingerprint density at radius 1 is 1.18 bits per heavy atom. The van der Waals surface area contributed by atoms with Gasteiger partial charge in [-0.3, -0.25) is 4.79 Å². The maximum absolute atomic E-state index is 10.6. The van der Waals surface area contributed by atoms with Gasteiger partial charge in [-0.05, 0) is 0 Å². The van der Waals surface area contributed by atoms with Gasteiger partial charge in [0.1, 0.15) is 0 Å². The molecule has 0 saturated carbocycles. The second-order valence-corrected chi connectivity index (χ2v) is 3.70. The lowest BCUT2D eigenvalue weighted by Crippen LogP contribution is -1.92. The zero-order valence-electron chi connectivity index (χ0n) is 8.95. The van der Waals surface area contributed by atoms with Gasteiger partial charge in [-0.2, -0.15) is 5.10 Å². The van der Waals surface area contributed by atoms with Crippen LogP contribution in [-0.4, -0.2) is 20.9 Å². The molecule has 4 heteroatoms. The number of carbonyl (C=O) groups is 1. The number of carbonyl (C=O) groups excluding carboxylic acids is 1. The van der Waals surface area contributed by atoms with Crippen molar-refractivity contribution in [1.82, 2.24) is 14.6 Å². The van der Waals surface area contributed by atoms with E-state index in [2.05, 4.69) is 10.1 Å². The van der Waals surface area contributed by atoms with E-state index in [1.54, 1.807) is 16.9 Å². The van der Waals surface area contributed by atoms with Crippen LogP contribution in [0.1, 0.15) is 10.4 Å². The number of hydrogen-bond acceptors (Lipinski definition) is 3. The van der Waals surface area contributed by atoms with Crippen LogP contribution in [0, 0.1) is 0 Å². The molecule has 0 bridgehead atoms. The van der Waals surface area contributed by atoms with Crippen molar-refractivity contribution < 1.29 is 4.79 Å². The number of benzene rings is 1. The van der Waals surface area contributed by atoms with Crippen molar-refractivity contribution >= 4 is 11.9 Å². The number of fused-ring (bicyclic) bond motifs is 1. The molecule has 0 fully saturated rings. The minimum Gasteiger partial charge on any atom is -0.298 e. The topological polar surface area (TPSA) is 47.3 Å². The van der Waals surface area contributed by atoms with Gasteiger partial charge in [-0.15, -0.1) is 0 Å². The smallest absolute Gasteiger partial charge is 0.155 e. The molecule has 0 amide bonds. The third-order valence-corrected chi connectivity index (χ3v) is 2.54. The van der Waals surface area contributed by atoms with Crippen molar-refractivity contribution in [2.24, 2.45) is 0 Å². The summed E-state index contributed by atoms with van der Waals surface area (Å²) in [6.07, 6.45) is 3.97. The second kappa shape index (κ2) is 3.83. The molecule has 0 aliphatic carbocycles. The highest BCUT2D eigenvalue weighted by Gasteiger charge is 2.04. The molecule has 2 heterocycles. The Hall–Kier alpha value is -2.49. The summed E-state index contributed by atoms with van der Waals surface area (Å²) in [6.45, 7) is 0. The quantitative estimate of drug-likeness (QED) is 0.626. The lowest BCUT2D eigenvalue weighted by molar-refractivity contribution is 0.112. The molecule has 0 saturated heterocycles. The van der Waals surface area contributed by atoms with Gasteiger partial charge in [-0.1, -0.05) is 30.3 Å². The predicted molar refractivity (Wildman–Crippen MR) is 63.8 cm³/mol. The third-order valence-electron chi connectivity index (χ3n) is 2.54. The molecule has 4 nitrogen and oxygen atoms in total. The third kappa shape index (κ3) is 1.69. The summed E-state index contributed by atoms with van der Waals surface area (Å²) in [5.74, 6) is 0. The summed E-state index contributed by atoms with van der Waals surface area (Å²) in [6, 6.07) is 11.8. The average molecular weight is 223 g/mol. The van der Waals surface area contributed by atoms with E-state index in [9.17, 15) is 4.79 Å². The zero-order valence-corrected chi connectivity index (χ0v) is 8.95. The van der Waals surface area contributed by atoms with E-state index in [0.717, 1.165) is 23.2 Å². The molecule has 0 aliphatic rings. The first-order chi connectivity index (χ1) is 8.36. The van der Waals surface area contributed by atoms with Crippen molar-refractivity contribution in [3.05, 3.63) is 54.4 Å². The van der Waals surface area contributed by atoms with Crippen LogP contribution in [0.5, 0.6) is 0 Å². The normalized spacial score (nSPS) is 10.6. The largest absolute Gasteiger partial charge is 0.298 e. The number of aromatic nitrogens is 3. The van der Waals surface area contributed by atoms with Gasteiger partial charge in [0.05, 0.1) is 11.3 Å². The van der Waals surface area contributed by atoms with Crippen LogP contribution in [0.4, 0.5) is 0 Å². The van der Waals surface area contributed by atoms with Gasteiger partial charge in [-0.25, -0.2) is 9.50 Å². The Kier molecular flexibility index (Phi) is 2.19. The van der Waals surface area contributed by atoms with Gasteiger partial charge < -0.3 is 0 Å². The van der Waals surface area contributed by atoms with E-state index in [0.29, 0.717) is 5.56 Å². The molecule has 2 aromatic heterocycles. The van der Waals surface area contributed by atoms with E-state index in [1.165, 1.54) is 0 Å². The fourth-order valence-electron chi connectivity index (χ4n) is 1.70. The Morgan fingerprint density at radius 3 is 2.76 bits per heavy atom. The molecule has 0 unspecified atom stereocenters. The SMILES string of the molecule is O=Cc1cnc2cc(-c3ccccc3)nn2c1. The molecule has 0 spiro atoms. The lowest BCUT2D eigenvalue weighted by atomic mass is 10.2. The highest BCUT2D eigenvalue weighted by Crippen LogP contribution is 2.18. The first-order valence-electron chi connectivity index (χ1n) is 5.23. The number of nitrogens with zero attached hydrogens (tertiary/aromatic N) is 3. The van der Waals surface area contributed by atoms with Crippen molar-refractivity contribution in [3.8, 4) is 11.3 Å². The van der Waals surface area contributed by atoms with Gasteiger partial charge in [0.2, 0.25) is 0 Å².